The minimum absolute atomic E-state index is 0.0468. The maximum atomic E-state index is 12.0. The summed E-state index contributed by atoms with van der Waals surface area (Å²) < 4.78 is 0. The van der Waals surface area contributed by atoms with Crippen LogP contribution in [0.15, 0.2) is 6.20 Å². The van der Waals surface area contributed by atoms with Gasteiger partial charge in [0.05, 0.1) is 21.2 Å². The largest absolute Gasteiger partial charge is 0.391 e. The van der Waals surface area contributed by atoms with E-state index in [1.165, 1.54) is 11.1 Å². The standard InChI is InChI=1S/C10H9Cl3N2O2/c11-6-3-14-9(8(13)7(6)12)10(17)15-2-1-5(16)4-15/h3,5,16H,1-2,4H2/t5-/m1/s1. The number of hydrogen-bond donors (Lipinski definition) is 1. The number of hydrogen-bond acceptors (Lipinski definition) is 3. The maximum Gasteiger partial charge on any atom is 0.274 e. The van der Waals surface area contributed by atoms with Crippen molar-refractivity contribution >= 4 is 40.7 Å². The number of carbonyl (C=O) groups excluding carboxylic acids is 1. The van der Waals surface area contributed by atoms with Gasteiger partial charge in [-0.15, -0.1) is 0 Å². The summed E-state index contributed by atoms with van der Waals surface area (Å²) in [6.07, 6.45) is 1.36. The molecule has 1 saturated heterocycles. The van der Waals surface area contributed by atoms with E-state index in [1.54, 1.807) is 0 Å². The van der Waals surface area contributed by atoms with Gasteiger partial charge in [-0.05, 0) is 6.42 Å². The van der Waals surface area contributed by atoms with E-state index in [0.717, 1.165) is 0 Å². The molecule has 17 heavy (non-hydrogen) atoms. The number of aliphatic hydroxyl groups is 1. The monoisotopic (exact) mass is 294 g/mol. The quantitative estimate of drug-likeness (QED) is 0.864. The molecule has 2 heterocycles. The third-order valence-corrected chi connectivity index (χ3v) is 3.81. The van der Waals surface area contributed by atoms with Gasteiger partial charge >= 0.3 is 0 Å². The summed E-state index contributed by atoms with van der Waals surface area (Å²) in [6.45, 7) is 0.773. The Labute approximate surface area is 113 Å². The summed E-state index contributed by atoms with van der Waals surface area (Å²) in [4.78, 5) is 17.4. The number of rotatable bonds is 1. The van der Waals surface area contributed by atoms with Crippen LogP contribution in [0, 0.1) is 0 Å². The number of halogens is 3. The molecule has 0 radical (unpaired) electrons. The summed E-state index contributed by atoms with van der Waals surface area (Å²) in [5.74, 6) is -0.342. The van der Waals surface area contributed by atoms with Crippen molar-refractivity contribution in [1.29, 1.82) is 0 Å². The van der Waals surface area contributed by atoms with Crippen LogP contribution < -0.4 is 0 Å². The predicted octanol–water partition coefficient (Wildman–Crippen LogP) is 2.25. The number of β-amino-alcohol motifs (C(OH)–C–C–N with tert-alkyl or cyclic N) is 1. The van der Waals surface area contributed by atoms with Gasteiger partial charge in [0.1, 0.15) is 5.69 Å². The Hall–Kier alpha value is -0.550. The van der Waals surface area contributed by atoms with Gasteiger partial charge < -0.3 is 10.0 Å². The highest BCUT2D eigenvalue weighted by molar-refractivity contribution is 6.48. The summed E-state index contributed by atoms with van der Waals surface area (Å²) >= 11 is 17.5. The van der Waals surface area contributed by atoms with Crippen LogP contribution in [-0.4, -0.2) is 40.1 Å². The number of aliphatic hydroxyl groups excluding tert-OH is 1. The molecule has 1 aliphatic rings. The van der Waals surface area contributed by atoms with Crippen LogP contribution in [0.1, 0.15) is 16.9 Å². The van der Waals surface area contributed by atoms with Crippen LogP contribution in [0.5, 0.6) is 0 Å². The first-order valence-electron chi connectivity index (χ1n) is 4.97. The van der Waals surface area contributed by atoms with Crippen molar-refractivity contribution in [2.45, 2.75) is 12.5 Å². The molecule has 7 heteroatoms. The molecule has 0 bridgehead atoms. The first kappa shape index (κ1) is 12.9. The van der Waals surface area contributed by atoms with E-state index in [9.17, 15) is 9.90 Å². The average Bonchev–Trinajstić information content (AvgIpc) is 2.72. The fourth-order valence-electron chi connectivity index (χ4n) is 1.67. The van der Waals surface area contributed by atoms with Crippen molar-refractivity contribution in [2.24, 2.45) is 0 Å². The molecule has 0 spiro atoms. The fraction of sp³-hybridized carbons (Fsp3) is 0.400. The highest BCUT2D eigenvalue weighted by atomic mass is 35.5. The molecule has 1 aromatic heterocycles. The van der Waals surface area contributed by atoms with Gasteiger partial charge in [0, 0.05) is 19.3 Å². The van der Waals surface area contributed by atoms with E-state index in [0.29, 0.717) is 13.0 Å². The van der Waals surface area contributed by atoms with Gasteiger partial charge in [-0.1, -0.05) is 34.8 Å². The second-order valence-electron chi connectivity index (χ2n) is 3.78. The van der Waals surface area contributed by atoms with Gasteiger partial charge in [0.25, 0.3) is 5.91 Å². The van der Waals surface area contributed by atoms with Crippen molar-refractivity contribution in [3.05, 3.63) is 27.0 Å². The van der Waals surface area contributed by atoms with Gasteiger partial charge in [-0.3, -0.25) is 4.79 Å². The fourth-order valence-corrected chi connectivity index (χ4v) is 2.23. The Kier molecular flexibility index (Phi) is 3.78. The van der Waals surface area contributed by atoms with Crippen LogP contribution in [0.3, 0.4) is 0 Å². The molecule has 1 atom stereocenters. The Bertz CT molecular complexity index is 467. The summed E-state index contributed by atoms with van der Waals surface area (Å²) in [7, 11) is 0. The van der Waals surface area contributed by atoms with Crippen LogP contribution >= 0.6 is 34.8 Å². The van der Waals surface area contributed by atoms with Crippen LogP contribution in [0.25, 0.3) is 0 Å². The second-order valence-corrected chi connectivity index (χ2v) is 4.94. The molecule has 1 fully saturated rings. The Morgan fingerprint density at radius 1 is 1.41 bits per heavy atom. The van der Waals surface area contributed by atoms with Crippen molar-refractivity contribution < 1.29 is 9.90 Å². The highest BCUT2D eigenvalue weighted by Gasteiger charge is 2.28. The number of aromatic nitrogens is 1. The molecule has 0 unspecified atom stereocenters. The van der Waals surface area contributed by atoms with Crippen LogP contribution in [0.4, 0.5) is 0 Å². The SMILES string of the molecule is O=C(c1ncc(Cl)c(Cl)c1Cl)N1CC[C@@H](O)C1. The highest BCUT2D eigenvalue weighted by Crippen LogP contribution is 2.32. The number of pyridine rings is 1. The van der Waals surface area contributed by atoms with Crippen LogP contribution in [-0.2, 0) is 0 Å². The lowest BCUT2D eigenvalue weighted by Crippen LogP contribution is -2.30. The van der Waals surface area contributed by atoms with E-state index < -0.39 is 6.10 Å². The minimum Gasteiger partial charge on any atom is -0.391 e. The Morgan fingerprint density at radius 2 is 2.12 bits per heavy atom. The lowest BCUT2D eigenvalue weighted by Gasteiger charge is -2.16. The molecular formula is C10H9Cl3N2O2. The molecule has 2 rings (SSSR count). The zero-order chi connectivity index (χ0) is 12.6. The minimum atomic E-state index is -0.486. The van der Waals surface area contributed by atoms with Crippen LogP contribution in [0.2, 0.25) is 15.1 Å². The first-order valence-corrected chi connectivity index (χ1v) is 6.11. The van der Waals surface area contributed by atoms with Gasteiger partial charge in [-0.25, -0.2) is 4.98 Å². The third kappa shape index (κ3) is 2.50. The van der Waals surface area contributed by atoms with Crippen molar-refractivity contribution in [3.8, 4) is 0 Å². The summed E-state index contributed by atoms with van der Waals surface area (Å²) in [5.41, 5.74) is 0.0650. The van der Waals surface area contributed by atoms with E-state index >= 15 is 0 Å². The lowest BCUT2D eigenvalue weighted by atomic mass is 10.3. The lowest BCUT2D eigenvalue weighted by molar-refractivity contribution is 0.0759. The Morgan fingerprint density at radius 3 is 2.71 bits per heavy atom. The second kappa shape index (κ2) is 4.98. The van der Waals surface area contributed by atoms with Crippen molar-refractivity contribution in [3.63, 3.8) is 0 Å². The third-order valence-electron chi connectivity index (χ3n) is 2.57. The number of nitrogens with zero attached hydrogens (tertiary/aromatic N) is 2. The van der Waals surface area contributed by atoms with Gasteiger partial charge in [0.15, 0.2) is 0 Å². The van der Waals surface area contributed by atoms with E-state index in [4.69, 9.17) is 34.8 Å². The molecule has 1 N–H and O–H groups in total. The molecule has 0 aliphatic carbocycles. The molecule has 0 saturated carbocycles. The molecule has 0 aromatic carbocycles. The zero-order valence-corrected chi connectivity index (χ0v) is 10.9. The molecule has 1 amide bonds. The van der Waals surface area contributed by atoms with E-state index in [2.05, 4.69) is 4.98 Å². The smallest absolute Gasteiger partial charge is 0.274 e. The maximum absolute atomic E-state index is 12.0. The summed E-state index contributed by atoms with van der Waals surface area (Å²) in [6, 6.07) is 0. The Balaban J connectivity index is 2.29. The molecule has 92 valence electrons. The van der Waals surface area contributed by atoms with E-state index in [-0.39, 0.29) is 33.2 Å². The number of amides is 1. The first-order chi connectivity index (χ1) is 8.00. The van der Waals surface area contributed by atoms with Crippen molar-refractivity contribution in [1.82, 2.24) is 9.88 Å². The van der Waals surface area contributed by atoms with Crippen molar-refractivity contribution in [2.75, 3.05) is 13.1 Å². The topological polar surface area (TPSA) is 53.4 Å². The van der Waals surface area contributed by atoms with Gasteiger partial charge in [0.2, 0.25) is 0 Å². The molecule has 1 aliphatic heterocycles. The normalized spacial score (nSPS) is 19.8. The number of likely N-dealkylation sites (tertiary alicyclic amines) is 1. The van der Waals surface area contributed by atoms with E-state index in [1.807, 2.05) is 0 Å². The average molecular weight is 296 g/mol. The van der Waals surface area contributed by atoms with Gasteiger partial charge in [-0.2, -0.15) is 0 Å². The molecule has 1 aromatic rings. The molecule has 4 nitrogen and oxygen atoms in total. The molecular weight excluding hydrogens is 286 g/mol. The summed E-state index contributed by atoms with van der Waals surface area (Å²) in [5, 5.41) is 9.74. The zero-order valence-electron chi connectivity index (χ0n) is 8.66. The number of carbonyl (C=O) groups is 1. The predicted molar refractivity (Wildman–Crippen MR) is 65.8 cm³/mol.